The maximum absolute atomic E-state index is 12.0. The molecule has 1 amide bonds. The average Bonchev–Trinajstić information content (AvgIpc) is 2.89. The van der Waals surface area contributed by atoms with E-state index in [1.807, 2.05) is 5.38 Å². The van der Waals surface area contributed by atoms with Gasteiger partial charge in [0.2, 0.25) is 5.91 Å². The standard InChI is InChI=1S/C16H20N2O2S2/c1-10-7-11(5-6-12(10)19)17-14(20)9-22-15-18-13(8-21-15)16(2,3)4/h5-8,19H,9H2,1-4H3,(H,17,20). The second kappa shape index (κ2) is 6.71. The molecule has 1 aromatic carbocycles. The van der Waals surface area contributed by atoms with Crippen LogP contribution in [0.3, 0.4) is 0 Å². The molecule has 2 aromatic rings. The first-order valence-electron chi connectivity index (χ1n) is 6.94. The minimum absolute atomic E-state index is 0.0289. The molecular formula is C16H20N2O2S2. The summed E-state index contributed by atoms with van der Waals surface area (Å²) in [7, 11) is 0. The van der Waals surface area contributed by atoms with E-state index in [1.165, 1.54) is 11.8 Å². The number of amides is 1. The largest absolute Gasteiger partial charge is 0.508 e. The number of aryl methyl sites for hydroxylation is 1. The topological polar surface area (TPSA) is 62.2 Å². The van der Waals surface area contributed by atoms with E-state index in [0.717, 1.165) is 15.6 Å². The van der Waals surface area contributed by atoms with E-state index in [1.54, 1.807) is 36.5 Å². The lowest BCUT2D eigenvalue weighted by molar-refractivity contribution is -0.113. The summed E-state index contributed by atoms with van der Waals surface area (Å²) >= 11 is 3.01. The van der Waals surface area contributed by atoms with E-state index in [-0.39, 0.29) is 17.1 Å². The number of rotatable bonds is 4. The van der Waals surface area contributed by atoms with Crippen molar-refractivity contribution in [2.24, 2.45) is 0 Å². The van der Waals surface area contributed by atoms with E-state index in [2.05, 4.69) is 31.1 Å². The molecule has 0 radical (unpaired) electrons. The molecule has 22 heavy (non-hydrogen) atoms. The van der Waals surface area contributed by atoms with Crippen LogP contribution >= 0.6 is 23.1 Å². The number of phenolic OH excluding ortho intramolecular Hbond substituents is 1. The van der Waals surface area contributed by atoms with E-state index >= 15 is 0 Å². The first-order chi connectivity index (χ1) is 10.3. The molecule has 0 saturated heterocycles. The number of nitrogens with zero attached hydrogens (tertiary/aromatic N) is 1. The molecule has 0 aliphatic carbocycles. The van der Waals surface area contributed by atoms with Crippen molar-refractivity contribution in [3.63, 3.8) is 0 Å². The van der Waals surface area contributed by atoms with Crippen molar-refractivity contribution in [2.45, 2.75) is 37.4 Å². The summed E-state index contributed by atoms with van der Waals surface area (Å²) in [5.41, 5.74) is 2.51. The molecule has 0 bridgehead atoms. The Bertz CT molecular complexity index is 675. The fraction of sp³-hybridized carbons (Fsp3) is 0.375. The summed E-state index contributed by atoms with van der Waals surface area (Å²) in [5, 5.41) is 14.3. The van der Waals surface area contributed by atoms with Crippen molar-refractivity contribution < 1.29 is 9.90 Å². The number of nitrogens with one attached hydrogen (secondary N) is 1. The van der Waals surface area contributed by atoms with Crippen molar-refractivity contribution in [2.75, 3.05) is 11.1 Å². The van der Waals surface area contributed by atoms with Crippen LogP contribution in [-0.2, 0) is 10.2 Å². The van der Waals surface area contributed by atoms with Crippen molar-refractivity contribution >= 4 is 34.7 Å². The lowest BCUT2D eigenvalue weighted by Gasteiger charge is -2.14. The van der Waals surface area contributed by atoms with Crippen LogP contribution in [0, 0.1) is 6.92 Å². The highest BCUT2D eigenvalue weighted by Gasteiger charge is 2.18. The lowest BCUT2D eigenvalue weighted by atomic mass is 9.93. The molecule has 118 valence electrons. The molecule has 4 nitrogen and oxygen atoms in total. The maximum Gasteiger partial charge on any atom is 0.234 e. The summed E-state index contributed by atoms with van der Waals surface area (Å²) in [6, 6.07) is 5.01. The predicted molar refractivity (Wildman–Crippen MR) is 93.0 cm³/mol. The molecule has 1 heterocycles. The number of carbonyl (C=O) groups is 1. The van der Waals surface area contributed by atoms with Gasteiger partial charge in [-0.15, -0.1) is 11.3 Å². The number of aromatic hydroxyl groups is 1. The Balaban J connectivity index is 1.90. The zero-order valence-corrected chi connectivity index (χ0v) is 14.8. The third kappa shape index (κ3) is 4.48. The van der Waals surface area contributed by atoms with Crippen LogP contribution < -0.4 is 5.32 Å². The third-order valence-electron chi connectivity index (χ3n) is 3.06. The predicted octanol–water partition coefficient (Wildman–Crippen LogP) is 4.19. The molecule has 0 saturated carbocycles. The van der Waals surface area contributed by atoms with Crippen molar-refractivity contribution in [3.05, 3.63) is 34.8 Å². The highest BCUT2D eigenvalue weighted by molar-refractivity contribution is 8.01. The van der Waals surface area contributed by atoms with Gasteiger partial charge in [0.05, 0.1) is 11.4 Å². The number of thiazole rings is 1. The zero-order chi connectivity index (χ0) is 16.3. The number of carbonyl (C=O) groups excluding carboxylic acids is 1. The van der Waals surface area contributed by atoms with Crippen molar-refractivity contribution in [1.29, 1.82) is 0 Å². The van der Waals surface area contributed by atoms with Gasteiger partial charge < -0.3 is 10.4 Å². The molecule has 2 N–H and O–H groups in total. The van der Waals surface area contributed by atoms with Gasteiger partial charge in [-0.1, -0.05) is 32.5 Å². The number of anilines is 1. The average molecular weight is 336 g/mol. The normalized spacial score (nSPS) is 11.5. The molecule has 6 heteroatoms. The molecule has 0 atom stereocenters. The molecule has 1 aromatic heterocycles. The minimum Gasteiger partial charge on any atom is -0.508 e. The molecule has 0 aliphatic rings. The molecule has 0 aliphatic heterocycles. The summed E-state index contributed by atoms with van der Waals surface area (Å²) in [4.78, 5) is 16.5. The number of thioether (sulfide) groups is 1. The molecule has 0 unspecified atom stereocenters. The second-order valence-electron chi connectivity index (χ2n) is 6.09. The van der Waals surface area contributed by atoms with Gasteiger partial charge >= 0.3 is 0 Å². The number of hydrogen-bond donors (Lipinski definition) is 2. The first-order valence-corrected chi connectivity index (χ1v) is 8.80. The minimum atomic E-state index is -0.0809. The van der Waals surface area contributed by atoms with Gasteiger partial charge in [-0.05, 0) is 30.7 Å². The number of aromatic nitrogens is 1. The smallest absolute Gasteiger partial charge is 0.234 e. The Kier molecular flexibility index (Phi) is 5.13. The van der Waals surface area contributed by atoms with E-state index < -0.39 is 0 Å². The van der Waals surface area contributed by atoms with Crippen LogP contribution in [0.4, 0.5) is 5.69 Å². The first kappa shape index (κ1) is 16.8. The van der Waals surface area contributed by atoms with Gasteiger partial charge in [-0.2, -0.15) is 0 Å². The molecular weight excluding hydrogens is 316 g/mol. The van der Waals surface area contributed by atoms with Gasteiger partial charge in [0.15, 0.2) is 4.34 Å². The van der Waals surface area contributed by atoms with E-state index in [9.17, 15) is 9.90 Å². The van der Waals surface area contributed by atoms with Crippen LogP contribution in [0.1, 0.15) is 32.0 Å². The Morgan fingerprint density at radius 2 is 2.14 bits per heavy atom. The van der Waals surface area contributed by atoms with Gasteiger partial charge in [0, 0.05) is 16.5 Å². The molecule has 2 rings (SSSR count). The molecule has 0 spiro atoms. The maximum atomic E-state index is 12.0. The Morgan fingerprint density at radius 1 is 1.41 bits per heavy atom. The third-order valence-corrected chi connectivity index (χ3v) is 5.08. The summed E-state index contributed by atoms with van der Waals surface area (Å²) in [6.07, 6.45) is 0. The van der Waals surface area contributed by atoms with Crippen molar-refractivity contribution in [1.82, 2.24) is 4.98 Å². The van der Waals surface area contributed by atoms with Gasteiger partial charge in [0.1, 0.15) is 5.75 Å². The monoisotopic (exact) mass is 336 g/mol. The second-order valence-corrected chi connectivity index (χ2v) is 8.17. The highest BCUT2D eigenvalue weighted by Crippen LogP contribution is 2.29. The highest BCUT2D eigenvalue weighted by atomic mass is 32.2. The Hall–Kier alpha value is -1.53. The quantitative estimate of drug-likeness (QED) is 0.649. The fourth-order valence-corrected chi connectivity index (χ4v) is 3.58. The van der Waals surface area contributed by atoms with Gasteiger partial charge in [0.25, 0.3) is 0 Å². The van der Waals surface area contributed by atoms with Crippen LogP contribution in [0.15, 0.2) is 27.9 Å². The van der Waals surface area contributed by atoms with Gasteiger partial charge in [-0.25, -0.2) is 4.98 Å². The number of hydrogen-bond acceptors (Lipinski definition) is 5. The van der Waals surface area contributed by atoms with Crippen LogP contribution in [0.25, 0.3) is 0 Å². The SMILES string of the molecule is Cc1cc(NC(=O)CSc2nc(C(C)(C)C)cs2)ccc1O. The summed E-state index contributed by atoms with van der Waals surface area (Å²) in [5.74, 6) is 0.462. The number of benzene rings is 1. The zero-order valence-electron chi connectivity index (χ0n) is 13.1. The Morgan fingerprint density at radius 3 is 2.73 bits per heavy atom. The van der Waals surface area contributed by atoms with Crippen LogP contribution in [0.2, 0.25) is 0 Å². The van der Waals surface area contributed by atoms with Crippen LogP contribution in [-0.4, -0.2) is 21.8 Å². The summed E-state index contributed by atoms with van der Waals surface area (Å²) < 4.78 is 0.905. The fourth-order valence-electron chi connectivity index (χ4n) is 1.73. The number of phenols is 1. The Labute approximate surface area is 139 Å². The van der Waals surface area contributed by atoms with E-state index in [4.69, 9.17) is 0 Å². The lowest BCUT2D eigenvalue weighted by Crippen LogP contribution is -2.14. The van der Waals surface area contributed by atoms with Gasteiger partial charge in [-0.3, -0.25) is 4.79 Å². The molecule has 0 fully saturated rings. The summed E-state index contributed by atoms with van der Waals surface area (Å²) in [6.45, 7) is 8.16. The van der Waals surface area contributed by atoms with Crippen molar-refractivity contribution in [3.8, 4) is 5.75 Å². The van der Waals surface area contributed by atoms with Crippen LogP contribution in [0.5, 0.6) is 5.75 Å². The van der Waals surface area contributed by atoms with E-state index in [0.29, 0.717) is 11.4 Å².